The first-order chi connectivity index (χ1) is 13.4. The molecule has 2 unspecified atom stereocenters. The van der Waals surface area contributed by atoms with Crippen molar-refractivity contribution in [1.82, 2.24) is 0 Å². The number of rotatable bonds is 21. The summed E-state index contributed by atoms with van der Waals surface area (Å²) in [4.78, 5) is 0. The number of aliphatic hydroxyl groups excluding tert-OH is 1. The van der Waals surface area contributed by atoms with Gasteiger partial charge < -0.3 is 9.66 Å². The first kappa shape index (κ1) is 32.1. The van der Waals surface area contributed by atoms with Gasteiger partial charge in [0.05, 0.1) is 16.2 Å². The van der Waals surface area contributed by atoms with Crippen molar-refractivity contribution in [3.05, 3.63) is 0 Å². The van der Waals surface area contributed by atoms with Crippen LogP contribution in [0.1, 0.15) is 136 Å². The van der Waals surface area contributed by atoms with Gasteiger partial charge >= 0.3 is 29.6 Å². The maximum absolute atomic E-state index is 10.8. The standard InChI is InChI=1S/C23H48O4S.Na/c1-3-4-5-6-7-8-9-10-14-17-20-23(24)21-18-15-12-11-13-16-19-22(2)28(25,26)27;/h22-24H,3-21H2,1-2H3,(H,25,26,27);/q;+1/p-1. The van der Waals surface area contributed by atoms with Gasteiger partial charge in [0.15, 0.2) is 0 Å². The molecule has 0 bridgehead atoms. The van der Waals surface area contributed by atoms with E-state index in [1.807, 2.05) is 0 Å². The average molecular weight is 443 g/mol. The minimum absolute atomic E-state index is 0. The SMILES string of the molecule is CCCCCCCCCCCCC(O)CCCCCCCCC(C)S(=O)(=O)[O-].[Na+]. The molecule has 0 heterocycles. The number of unbranched alkanes of at least 4 members (excludes halogenated alkanes) is 14. The molecule has 0 rings (SSSR count). The summed E-state index contributed by atoms with van der Waals surface area (Å²) in [7, 11) is -4.11. The third-order valence-electron chi connectivity index (χ3n) is 5.78. The summed E-state index contributed by atoms with van der Waals surface area (Å²) in [5, 5.41) is 9.31. The van der Waals surface area contributed by atoms with E-state index in [2.05, 4.69) is 6.92 Å². The molecular weight excluding hydrogens is 395 g/mol. The Morgan fingerprint density at radius 3 is 1.31 bits per heavy atom. The maximum atomic E-state index is 10.8. The van der Waals surface area contributed by atoms with Crippen molar-refractivity contribution in [3.63, 3.8) is 0 Å². The van der Waals surface area contributed by atoms with Gasteiger partial charge in [0.2, 0.25) is 0 Å². The molecule has 0 aromatic carbocycles. The van der Waals surface area contributed by atoms with Gasteiger partial charge in [0.1, 0.15) is 0 Å². The minimum Gasteiger partial charge on any atom is -0.748 e. The molecule has 0 radical (unpaired) electrons. The van der Waals surface area contributed by atoms with Crippen molar-refractivity contribution in [1.29, 1.82) is 0 Å². The molecule has 0 spiro atoms. The van der Waals surface area contributed by atoms with E-state index in [1.165, 1.54) is 64.7 Å². The quantitative estimate of drug-likeness (QED) is 0.167. The predicted molar refractivity (Wildman–Crippen MR) is 119 cm³/mol. The van der Waals surface area contributed by atoms with E-state index in [4.69, 9.17) is 0 Å². The van der Waals surface area contributed by atoms with E-state index < -0.39 is 15.4 Å². The zero-order valence-corrected chi connectivity index (χ0v) is 22.5. The van der Waals surface area contributed by atoms with E-state index >= 15 is 0 Å². The number of hydrogen-bond acceptors (Lipinski definition) is 4. The second kappa shape index (κ2) is 22.1. The van der Waals surface area contributed by atoms with Crippen LogP contribution in [-0.4, -0.2) is 29.4 Å². The Bertz CT molecular complexity index is 429. The topological polar surface area (TPSA) is 77.4 Å². The molecule has 29 heavy (non-hydrogen) atoms. The summed E-state index contributed by atoms with van der Waals surface area (Å²) in [6, 6.07) is 0. The Hall–Kier alpha value is 0.870. The van der Waals surface area contributed by atoms with Crippen molar-refractivity contribution in [2.75, 3.05) is 0 Å². The Balaban J connectivity index is 0. The third-order valence-corrected chi connectivity index (χ3v) is 7.00. The van der Waals surface area contributed by atoms with Crippen LogP contribution in [0.2, 0.25) is 0 Å². The Morgan fingerprint density at radius 1 is 0.655 bits per heavy atom. The fourth-order valence-electron chi connectivity index (χ4n) is 3.67. The largest absolute Gasteiger partial charge is 1.00 e. The van der Waals surface area contributed by atoms with Crippen LogP contribution >= 0.6 is 0 Å². The molecule has 4 nitrogen and oxygen atoms in total. The predicted octanol–water partition coefficient (Wildman–Crippen LogP) is 3.72. The van der Waals surface area contributed by atoms with E-state index in [-0.39, 0.29) is 35.7 Å². The van der Waals surface area contributed by atoms with Crippen molar-refractivity contribution >= 4 is 10.1 Å². The van der Waals surface area contributed by atoms with Crippen LogP contribution in [0.3, 0.4) is 0 Å². The summed E-state index contributed by atoms with van der Waals surface area (Å²) in [5.41, 5.74) is 0. The van der Waals surface area contributed by atoms with Gasteiger partial charge in [-0.05, 0) is 26.2 Å². The molecule has 0 aromatic heterocycles. The molecule has 0 aromatic rings. The van der Waals surface area contributed by atoms with E-state index in [0.717, 1.165) is 57.8 Å². The summed E-state index contributed by atoms with van der Waals surface area (Å²) < 4.78 is 32.4. The first-order valence-corrected chi connectivity index (χ1v) is 13.5. The zero-order chi connectivity index (χ0) is 21.1. The Kier molecular flexibility index (Phi) is 24.4. The second-order valence-electron chi connectivity index (χ2n) is 8.63. The van der Waals surface area contributed by atoms with Crippen LogP contribution in [0.5, 0.6) is 0 Å². The third kappa shape index (κ3) is 23.4. The molecular formula is C23H47NaO4S. The molecule has 1 N–H and O–H groups in total. The van der Waals surface area contributed by atoms with Crippen molar-refractivity contribution in [2.24, 2.45) is 0 Å². The molecule has 0 aliphatic carbocycles. The number of aliphatic hydroxyl groups is 1. The van der Waals surface area contributed by atoms with Gasteiger partial charge in [-0.1, -0.05) is 110 Å². The van der Waals surface area contributed by atoms with Gasteiger partial charge in [0.25, 0.3) is 0 Å². The average Bonchev–Trinajstić information content (AvgIpc) is 2.64. The molecule has 2 atom stereocenters. The smallest absolute Gasteiger partial charge is 0.748 e. The van der Waals surface area contributed by atoms with Gasteiger partial charge in [0, 0.05) is 5.25 Å². The molecule has 0 aliphatic rings. The minimum atomic E-state index is -4.11. The zero-order valence-electron chi connectivity index (χ0n) is 19.7. The van der Waals surface area contributed by atoms with Crippen LogP contribution < -0.4 is 29.6 Å². The summed E-state index contributed by atoms with van der Waals surface area (Å²) >= 11 is 0. The fourth-order valence-corrected chi connectivity index (χ4v) is 4.13. The molecule has 0 amide bonds. The van der Waals surface area contributed by atoms with Crippen LogP contribution in [0.4, 0.5) is 0 Å². The van der Waals surface area contributed by atoms with Crippen LogP contribution in [0.25, 0.3) is 0 Å². The summed E-state index contributed by atoms with van der Waals surface area (Å²) in [5.74, 6) is 0. The molecule has 0 saturated heterocycles. The Morgan fingerprint density at radius 2 is 0.966 bits per heavy atom. The van der Waals surface area contributed by atoms with Gasteiger partial charge in [-0.25, -0.2) is 8.42 Å². The van der Waals surface area contributed by atoms with Crippen molar-refractivity contribution < 1.29 is 47.6 Å². The van der Waals surface area contributed by atoms with Gasteiger partial charge in [-0.3, -0.25) is 0 Å². The molecule has 6 heteroatoms. The Labute approximate surface area is 204 Å². The monoisotopic (exact) mass is 442 g/mol. The number of hydrogen-bond donors (Lipinski definition) is 1. The fraction of sp³-hybridized carbons (Fsp3) is 1.00. The van der Waals surface area contributed by atoms with Crippen molar-refractivity contribution in [3.8, 4) is 0 Å². The van der Waals surface area contributed by atoms with Crippen LogP contribution in [-0.2, 0) is 10.1 Å². The van der Waals surface area contributed by atoms with E-state index in [0.29, 0.717) is 6.42 Å². The van der Waals surface area contributed by atoms with E-state index in [9.17, 15) is 18.1 Å². The van der Waals surface area contributed by atoms with Gasteiger partial charge in [-0.2, -0.15) is 0 Å². The summed E-state index contributed by atoms with van der Waals surface area (Å²) in [6.07, 6.45) is 21.7. The second-order valence-corrected chi connectivity index (χ2v) is 10.4. The van der Waals surface area contributed by atoms with Crippen LogP contribution in [0, 0.1) is 0 Å². The van der Waals surface area contributed by atoms with Crippen LogP contribution in [0.15, 0.2) is 0 Å². The summed E-state index contributed by atoms with van der Waals surface area (Å²) in [6.45, 7) is 3.76. The molecule has 170 valence electrons. The molecule has 0 fully saturated rings. The van der Waals surface area contributed by atoms with E-state index in [1.54, 1.807) is 0 Å². The molecule has 0 saturated carbocycles. The molecule has 0 aliphatic heterocycles. The first-order valence-electron chi connectivity index (χ1n) is 12.0. The van der Waals surface area contributed by atoms with Gasteiger partial charge in [-0.15, -0.1) is 0 Å². The normalized spacial score (nSPS) is 13.8. The van der Waals surface area contributed by atoms with Crippen molar-refractivity contribution in [2.45, 2.75) is 147 Å². The maximum Gasteiger partial charge on any atom is 1.00 e.